The van der Waals surface area contributed by atoms with E-state index in [9.17, 15) is 4.39 Å². The van der Waals surface area contributed by atoms with Gasteiger partial charge in [0.15, 0.2) is 6.29 Å². The zero-order valence-corrected chi connectivity index (χ0v) is 11.4. The molecule has 104 valence electrons. The Hall–Kier alpha value is -1.71. The number of benzene rings is 2. The largest absolute Gasteiger partial charge is 0.348 e. The van der Waals surface area contributed by atoms with Crippen molar-refractivity contribution in [3.8, 4) is 11.1 Å². The van der Waals surface area contributed by atoms with Gasteiger partial charge in [0.1, 0.15) is 5.82 Å². The summed E-state index contributed by atoms with van der Waals surface area (Å²) in [5, 5.41) is 0. The van der Waals surface area contributed by atoms with Gasteiger partial charge in [-0.05, 0) is 23.3 Å². The Bertz CT molecular complexity index is 555. The first kappa shape index (κ1) is 13.3. The van der Waals surface area contributed by atoms with Crippen molar-refractivity contribution in [3.05, 3.63) is 59.9 Å². The van der Waals surface area contributed by atoms with E-state index in [0.717, 1.165) is 29.9 Å². The van der Waals surface area contributed by atoms with E-state index in [1.807, 2.05) is 24.3 Å². The maximum absolute atomic E-state index is 12.9. The highest BCUT2D eigenvalue weighted by molar-refractivity contribution is 5.63. The van der Waals surface area contributed by atoms with Gasteiger partial charge in [0.2, 0.25) is 0 Å². The fourth-order valence-electron chi connectivity index (χ4n) is 2.27. The van der Waals surface area contributed by atoms with Crippen LogP contribution in [0.5, 0.6) is 0 Å². The third-order valence-electron chi connectivity index (χ3n) is 3.42. The van der Waals surface area contributed by atoms with Crippen LogP contribution < -0.4 is 0 Å². The van der Waals surface area contributed by atoms with Crippen molar-refractivity contribution in [2.45, 2.75) is 13.2 Å². The van der Waals surface area contributed by atoms with Crippen molar-refractivity contribution in [2.75, 3.05) is 13.2 Å². The van der Waals surface area contributed by atoms with E-state index < -0.39 is 0 Å². The molecule has 2 nitrogen and oxygen atoms in total. The van der Waals surface area contributed by atoms with Gasteiger partial charge < -0.3 is 9.47 Å². The lowest BCUT2D eigenvalue weighted by atomic mass is 10.0. The molecule has 2 aromatic carbocycles. The zero-order valence-electron chi connectivity index (χ0n) is 11.4. The van der Waals surface area contributed by atoms with E-state index in [1.54, 1.807) is 12.1 Å². The van der Waals surface area contributed by atoms with E-state index >= 15 is 0 Å². The average molecular weight is 272 g/mol. The molecule has 1 aliphatic heterocycles. The Labute approximate surface area is 118 Å². The Balaban J connectivity index is 1.76. The number of ether oxygens (including phenoxy) is 2. The minimum absolute atomic E-state index is 0.219. The molecule has 3 heteroatoms. The second-order valence-corrected chi connectivity index (χ2v) is 5.23. The molecular weight excluding hydrogens is 255 g/mol. The molecule has 3 rings (SSSR count). The van der Waals surface area contributed by atoms with Crippen LogP contribution in [0.2, 0.25) is 0 Å². The minimum atomic E-state index is -0.270. The summed E-state index contributed by atoms with van der Waals surface area (Å²) in [6.07, 6.45) is -0.270. The van der Waals surface area contributed by atoms with Gasteiger partial charge in [-0.25, -0.2) is 4.39 Å². The summed E-state index contributed by atoms with van der Waals surface area (Å²) in [6.45, 7) is 3.56. The van der Waals surface area contributed by atoms with Gasteiger partial charge in [0.05, 0.1) is 13.2 Å². The first-order chi connectivity index (χ1) is 9.72. The Morgan fingerprint density at radius 3 is 1.90 bits per heavy atom. The van der Waals surface area contributed by atoms with Crippen LogP contribution in [0.25, 0.3) is 11.1 Å². The van der Waals surface area contributed by atoms with Gasteiger partial charge in [-0.15, -0.1) is 0 Å². The van der Waals surface area contributed by atoms with Crippen LogP contribution in [0, 0.1) is 11.7 Å². The molecule has 1 aliphatic rings. The number of hydrogen-bond donors (Lipinski definition) is 0. The van der Waals surface area contributed by atoms with Crippen molar-refractivity contribution < 1.29 is 13.9 Å². The molecule has 0 N–H and O–H groups in total. The molecule has 0 saturated carbocycles. The summed E-state index contributed by atoms with van der Waals surface area (Å²) >= 11 is 0. The summed E-state index contributed by atoms with van der Waals surface area (Å²) in [4.78, 5) is 0. The molecule has 0 aromatic heterocycles. The Morgan fingerprint density at radius 2 is 1.35 bits per heavy atom. The van der Waals surface area contributed by atoms with Crippen LogP contribution in [-0.2, 0) is 9.47 Å². The smallest absolute Gasteiger partial charge is 0.183 e. The molecule has 1 heterocycles. The summed E-state index contributed by atoms with van der Waals surface area (Å²) in [6, 6.07) is 14.5. The average Bonchev–Trinajstić information content (AvgIpc) is 2.49. The lowest BCUT2D eigenvalue weighted by molar-refractivity contribution is -0.202. The van der Waals surface area contributed by atoms with Crippen molar-refractivity contribution in [1.82, 2.24) is 0 Å². The Morgan fingerprint density at radius 1 is 0.850 bits per heavy atom. The molecule has 0 amide bonds. The van der Waals surface area contributed by atoms with E-state index in [4.69, 9.17) is 9.47 Å². The van der Waals surface area contributed by atoms with Crippen molar-refractivity contribution in [1.29, 1.82) is 0 Å². The number of halogens is 1. The molecule has 0 unspecified atom stereocenters. The van der Waals surface area contributed by atoms with Crippen molar-refractivity contribution in [3.63, 3.8) is 0 Å². The maximum atomic E-state index is 12.9. The third kappa shape index (κ3) is 2.89. The number of rotatable bonds is 2. The molecule has 0 aliphatic carbocycles. The van der Waals surface area contributed by atoms with Crippen molar-refractivity contribution >= 4 is 0 Å². The second-order valence-electron chi connectivity index (χ2n) is 5.23. The highest BCUT2D eigenvalue weighted by Crippen LogP contribution is 2.27. The second kappa shape index (κ2) is 5.73. The van der Waals surface area contributed by atoms with Crippen LogP contribution in [0.3, 0.4) is 0 Å². The van der Waals surface area contributed by atoms with Gasteiger partial charge in [0.25, 0.3) is 0 Å². The first-order valence-electron chi connectivity index (χ1n) is 6.81. The van der Waals surface area contributed by atoms with Crippen molar-refractivity contribution in [2.24, 2.45) is 5.92 Å². The van der Waals surface area contributed by atoms with Crippen LogP contribution in [0.4, 0.5) is 4.39 Å². The van der Waals surface area contributed by atoms with E-state index in [2.05, 4.69) is 6.92 Å². The fourth-order valence-corrected chi connectivity index (χ4v) is 2.27. The van der Waals surface area contributed by atoms with Crippen LogP contribution in [0.1, 0.15) is 18.8 Å². The zero-order chi connectivity index (χ0) is 13.9. The van der Waals surface area contributed by atoms with Crippen LogP contribution in [0.15, 0.2) is 48.5 Å². The molecule has 0 atom stereocenters. The topological polar surface area (TPSA) is 18.5 Å². The highest BCUT2D eigenvalue weighted by Gasteiger charge is 2.20. The van der Waals surface area contributed by atoms with Gasteiger partial charge in [-0.2, -0.15) is 0 Å². The molecule has 0 radical (unpaired) electrons. The molecular formula is C17H17FO2. The predicted octanol–water partition coefficient (Wildman–Crippen LogP) is 4.17. The molecule has 0 spiro atoms. The standard InChI is InChI=1S/C17H17FO2/c1-12-10-19-17(20-11-12)15-4-2-13(3-5-15)14-6-8-16(18)9-7-14/h2-9,12,17H,10-11H2,1H3. The van der Waals surface area contributed by atoms with Crippen LogP contribution in [-0.4, -0.2) is 13.2 Å². The summed E-state index contributed by atoms with van der Waals surface area (Å²) in [7, 11) is 0. The molecule has 1 saturated heterocycles. The van der Waals surface area contributed by atoms with E-state index in [1.165, 1.54) is 12.1 Å². The van der Waals surface area contributed by atoms with Gasteiger partial charge in [-0.3, -0.25) is 0 Å². The van der Waals surface area contributed by atoms with Gasteiger partial charge in [0, 0.05) is 11.5 Å². The summed E-state index contributed by atoms with van der Waals surface area (Å²) in [5.74, 6) is 0.230. The first-order valence-corrected chi connectivity index (χ1v) is 6.81. The lowest BCUT2D eigenvalue weighted by Gasteiger charge is -2.27. The third-order valence-corrected chi connectivity index (χ3v) is 3.42. The molecule has 2 aromatic rings. The molecule has 1 fully saturated rings. The Kier molecular flexibility index (Phi) is 3.81. The van der Waals surface area contributed by atoms with Gasteiger partial charge >= 0.3 is 0 Å². The monoisotopic (exact) mass is 272 g/mol. The van der Waals surface area contributed by atoms with Gasteiger partial charge in [-0.1, -0.05) is 43.3 Å². The fraction of sp³-hybridized carbons (Fsp3) is 0.294. The van der Waals surface area contributed by atoms with E-state index in [0.29, 0.717) is 5.92 Å². The highest BCUT2D eigenvalue weighted by atomic mass is 19.1. The lowest BCUT2D eigenvalue weighted by Crippen LogP contribution is -2.24. The SMILES string of the molecule is CC1COC(c2ccc(-c3ccc(F)cc3)cc2)OC1. The quantitative estimate of drug-likeness (QED) is 0.816. The predicted molar refractivity (Wildman–Crippen MR) is 75.6 cm³/mol. The van der Waals surface area contributed by atoms with E-state index in [-0.39, 0.29) is 12.1 Å². The normalized spacial score (nSPS) is 22.7. The maximum Gasteiger partial charge on any atom is 0.183 e. The summed E-state index contributed by atoms with van der Waals surface area (Å²) in [5.41, 5.74) is 3.07. The van der Waals surface area contributed by atoms with Crippen LogP contribution >= 0.6 is 0 Å². The number of hydrogen-bond acceptors (Lipinski definition) is 2. The molecule has 0 bridgehead atoms. The minimum Gasteiger partial charge on any atom is -0.348 e. The molecule has 20 heavy (non-hydrogen) atoms. The summed E-state index contributed by atoms with van der Waals surface area (Å²) < 4.78 is 24.2.